The van der Waals surface area contributed by atoms with Crippen LogP contribution in [-0.4, -0.2) is 24.2 Å². The Morgan fingerprint density at radius 1 is 1.35 bits per heavy atom. The van der Waals surface area contributed by atoms with Gasteiger partial charge in [0.25, 0.3) is 0 Å². The number of esters is 1. The molecule has 0 bridgehead atoms. The lowest BCUT2D eigenvalue weighted by Crippen LogP contribution is -2.30. The Kier molecular flexibility index (Phi) is 3.76. The van der Waals surface area contributed by atoms with Gasteiger partial charge in [0.2, 0.25) is 0 Å². The maximum absolute atomic E-state index is 13.9. The Labute approximate surface area is 117 Å². The van der Waals surface area contributed by atoms with Crippen LogP contribution in [0.4, 0.5) is 4.39 Å². The van der Waals surface area contributed by atoms with Gasteiger partial charge in [-0.3, -0.25) is 0 Å². The van der Waals surface area contributed by atoms with Crippen LogP contribution < -0.4 is 5.46 Å². The van der Waals surface area contributed by atoms with E-state index in [4.69, 9.17) is 9.39 Å². The van der Waals surface area contributed by atoms with Crippen molar-refractivity contribution in [2.75, 3.05) is 0 Å². The smallest absolute Gasteiger partial charge is 0.459 e. The van der Waals surface area contributed by atoms with Crippen molar-refractivity contribution in [1.82, 2.24) is 0 Å². The predicted molar refractivity (Wildman–Crippen MR) is 71.1 cm³/mol. The van der Waals surface area contributed by atoms with E-state index in [-0.39, 0.29) is 18.3 Å². The lowest BCUT2D eigenvalue weighted by Gasteiger charge is -2.22. The third-order valence-electron chi connectivity index (χ3n) is 3.94. The Balaban J connectivity index is 1.79. The summed E-state index contributed by atoms with van der Waals surface area (Å²) in [6.07, 6.45) is 4.79. The summed E-state index contributed by atoms with van der Waals surface area (Å²) in [5.74, 6) is -1.28. The molecule has 0 radical (unpaired) electrons. The first-order valence-corrected chi connectivity index (χ1v) is 6.98. The molecule has 0 spiro atoms. The molecule has 1 heterocycles. The second-order valence-corrected chi connectivity index (χ2v) is 5.36. The van der Waals surface area contributed by atoms with Gasteiger partial charge in [-0.2, -0.15) is 0 Å². The number of carbonyl (C=O) groups is 1. The van der Waals surface area contributed by atoms with Crippen molar-refractivity contribution >= 4 is 18.6 Å². The van der Waals surface area contributed by atoms with Gasteiger partial charge in [-0.05, 0) is 48.8 Å². The third kappa shape index (κ3) is 2.58. The maximum Gasteiger partial charge on any atom is 0.491 e. The van der Waals surface area contributed by atoms with Gasteiger partial charge in [-0.25, -0.2) is 9.18 Å². The van der Waals surface area contributed by atoms with Gasteiger partial charge in [0.05, 0.1) is 12.2 Å². The van der Waals surface area contributed by atoms with Gasteiger partial charge in [0.1, 0.15) is 11.9 Å². The van der Waals surface area contributed by atoms with Crippen LogP contribution in [0.15, 0.2) is 12.1 Å². The first-order chi connectivity index (χ1) is 9.65. The van der Waals surface area contributed by atoms with E-state index in [1.54, 1.807) is 0 Å². The molecule has 1 N–H and O–H groups in total. The molecule has 0 amide bonds. The summed E-state index contributed by atoms with van der Waals surface area (Å²) in [5, 5.41) is 9.60. The number of hydrogen-bond acceptors (Lipinski definition) is 4. The van der Waals surface area contributed by atoms with E-state index in [9.17, 15) is 14.2 Å². The number of halogens is 1. The van der Waals surface area contributed by atoms with Crippen LogP contribution in [0.5, 0.6) is 0 Å². The zero-order valence-corrected chi connectivity index (χ0v) is 11.1. The maximum atomic E-state index is 13.9. The number of rotatable bonds is 2. The first kappa shape index (κ1) is 13.6. The Morgan fingerprint density at radius 2 is 2.10 bits per heavy atom. The van der Waals surface area contributed by atoms with Gasteiger partial charge >= 0.3 is 13.1 Å². The molecule has 0 aromatic heterocycles. The summed E-state index contributed by atoms with van der Waals surface area (Å²) in [7, 11) is -1.09. The zero-order valence-electron chi connectivity index (χ0n) is 11.1. The quantitative estimate of drug-likeness (QED) is 0.658. The van der Waals surface area contributed by atoms with Crippen LogP contribution in [0.1, 0.15) is 48.0 Å². The van der Waals surface area contributed by atoms with Crippen molar-refractivity contribution in [3.63, 3.8) is 0 Å². The fraction of sp³-hybridized carbons (Fsp3) is 0.500. The largest absolute Gasteiger partial charge is 0.491 e. The van der Waals surface area contributed by atoms with E-state index in [0.717, 1.165) is 32.1 Å². The Bertz CT molecular complexity index is 528. The molecule has 1 aliphatic carbocycles. The molecule has 1 fully saturated rings. The molecule has 106 valence electrons. The summed E-state index contributed by atoms with van der Waals surface area (Å²) in [6.45, 7) is 0.158. The van der Waals surface area contributed by atoms with Crippen molar-refractivity contribution in [2.45, 2.75) is 44.8 Å². The topological polar surface area (TPSA) is 55.8 Å². The lowest BCUT2D eigenvalue weighted by atomic mass is 9.78. The molecule has 6 heteroatoms. The lowest BCUT2D eigenvalue weighted by molar-refractivity contribution is 0.0206. The highest BCUT2D eigenvalue weighted by Crippen LogP contribution is 2.22. The fourth-order valence-corrected chi connectivity index (χ4v) is 2.80. The van der Waals surface area contributed by atoms with Crippen LogP contribution in [0, 0.1) is 5.82 Å². The summed E-state index contributed by atoms with van der Waals surface area (Å²) >= 11 is 0. The average molecular weight is 278 g/mol. The highest BCUT2D eigenvalue weighted by Gasteiger charge is 2.31. The number of carbonyl (C=O) groups excluding carboxylic acids is 1. The standard InChI is InChI=1S/C14H16BFO4/c16-13-6-9-8-19-15(18)12(9)7-11(13)14(17)20-10-4-2-1-3-5-10/h6-7,10,18H,1-5,8H2. The SMILES string of the molecule is O=C(OC1CCCCC1)c1cc2c(cc1F)COB2O. The minimum Gasteiger partial charge on any atom is -0.459 e. The summed E-state index contributed by atoms with van der Waals surface area (Å²) in [6, 6.07) is 2.58. The third-order valence-corrected chi connectivity index (χ3v) is 3.94. The number of benzene rings is 1. The van der Waals surface area contributed by atoms with E-state index in [1.807, 2.05) is 0 Å². The first-order valence-electron chi connectivity index (χ1n) is 6.98. The van der Waals surface area contributed by atoms with Crippen molar-refractivity contribution in [3.05, 3.63) is 29.1 Å². The fourth-order valence-electron chi connectivity index (χ4n) is 2.80. The van der Waals surface area contributed by atoms with E-state index in [1.165, 1.54) is 12.1 Å². The van der Waals surface area contributed by atoms with Crippen LogP contribution in [0.25, 0.3) is 0 Å². The highest BCUT2D eigenvalue weighted by molar-refractivity contribution is 6.61. The van der Waals surface area contributed by atoms with E-state index >= 15 is 0 Å². The molecule has 0 saturated heterocycles. The van der Waals surface area contributed by atoms with Gasteiger partial charge in [-0.1, -0.05) is 6.42 Å². The second kappa shape index (κ2) is 5.54. The van der Waals surface area contributed by atoms with Gasteiger partial charge < -0.3 is 14.4 Å². The molecule has 1 aromatic carbocycles. The van der Waals surface area contributed by atoms with Crippen LogP contribution in [-0.2, 0) is 16.0 Å². The van der Waals surface area contributed by atoms with E-state index in [2.05, 4.69) is 0 Å². The molecule has 3 rings (SSSR count). The van der Waals surface area contributed by atoms with Crippen molar-refractivity contribution in [1.29, 1.82) is 0 Å². The van der Waals surface area contributed by atoms with Crippen molar-refractivity contribution in [2.24, 2.45) is 0 Å². The monoisotopic (exact) mass is 278 g/mol. The molecule has 0 unspecified atom stereocenters. The van der Waals surface area contributed by atoms with Gasteiger partial charge in [-0.15, -0.1) is 0 Å². The average Bonchev–Trinajstić information content (AvgIpc) is 2.79. The molecular weight excluding hydrogens is 262 g/mol. The highest BCUT2D eigenvalue weighted by atomic mass is 19.1. The molecule has 1 aromatic rings. The molecule has 4 nitrogen and oxygen atoms in total. The van der Waals surface area contributed by atoms with E-state index in [0.29, 0.717) is 11.0 Å². The van der Waals surface area contributed by atoms with Gasteiger partial charge in [0.15, 0.2) is 0 Å². The molecular formula is C14H16BFO4. The van der Waals surface area contributed by atoms with Crippen LogP contribution in [0.2, 0.25) is 0 Å². The van der Waals surface area contributed by atoms with Crippen molar-refractivity contribution in [3.8, 4) is 0 Å². The van der Waals surface area contributed by atoms with E-state index < -0.39 is 18.9 Å². The number of hydrogen-bond donors (Lipinski definition) is 1. The van der Waals surface area contributed by atoms with Crippen LogP contribution in [0.3, 0.4) is 0 Å². The minimum absolute atomic E-state index is 0.120. The second-order valence-electron chi connectivity index (χ2n) is 5.36. The molecule has 1 saturated carbocycles. The zero-order chi connectivity index (χ0) is 14.1. The number of fused-ring (bicyclic) bond motifs is 1. The molecule has 20 heavy (non-hydrogen) atoms. The summed E-state index contributed by atoms with van der Waals surface area (Å²) in [4.78, 5) is 12.1. The number of ether oxygens (including phenoxy) is 1. The molecule has 2 aliphatic rings. The normalized spacial score (nSPS) is 19.0. The molecule has 1 aliphatic heterocycles. The predicted octanol–water partition coefficient (Wildman–Crippen LogP) is 1.53. The summed E-state index contributed by atoms with van der Waals surface area (Å²) in [5.41, 5.74) is 0.894. The van der Waals surface area contributed by atoms with Crippen molar-refractivity contribution < 1.29 is 23.6 Å². The molecule has 0 atom stereocenters. The summed E-state index contributed by atoms with van der Waals surface area (Å²) < 4.78 is 24.3. The Hall–Kier alpha value is -1.40. The van der Waals surface area contributed by atoms with Gasteiger partial charge in [0, 0.05) is 0 Å². The Morgan fingerprint density at radius 3 is 2.85 bits per heavy atom. The van der Waals surface area contributed by atoms with Crippen LogP contribution >= 0.6 is 0 Å². The minimum atomic E-state index is -1.09.